The molecule has 18 heavy (non-hydrogen) atoms. The van der Waals surface area contributed by atoms with Gasteiger partial charge >= 0.3 is 0 Å². The van der Waals surface area contributed by atoms with E-state index in [1.807, 2.05) is 23.1 Å². The lowest BCUT2D eigenvalue weighted by Crippen LogP contribution is -2.17. The molecule has 0 saturated heterocycles. The second kappa shape index (κ2) is 4.20. The van der Waals surface area contributed by atoms with Crippen molar-refractivity contribution in [1.29, 1.82) is 0 Å². The van der Waals surface area contributed by atoms with E-state index in [1.165, 1.54) is 5.56 Å². The van der Waals surface area contributed by atoms with E-state index in [1.54, 1.807) is 0 Å². The molecule has 1 aliphatic rings. The Hall–Kier alpha value is -1.69. The number of benzene rings is 1. The standard InChI is InChI=1S/C12H10BrFN4/c13-8-2-1-7-3-4-18(10(7)5-8)11-9(14)6-16-12(15)17-11/h1-2,5-6H,3-4H2,(H2,15,16,17). The largest absolute Gasteiger partial charge is 0.368 e. The van der Waals surface area contributed by atoms with E-state index < -0.39 is 5.82 Å². The van der Waals surface area contributed by atoms with E-state index in [0.29, 0.717) is 6.54 Å². The van der Waals surface area contributed by atoms with Gasteiger partial charge in [0.05, 0.1) is 6.20 Å². The minimum atomic E-state index is -0.461. The summed E-state index contributed by atoms with van der Waals surface area (Å²) in [6.07, 6.45) is 1.97. The van der Waals surface area contributed by atoms with Crippen LogP contribution < -0.4 is 10.6 Å². The first kappa shape index (κ1) is 11.4. The lowest BCUT2D eigenvalue weighted by molar-refractivity contribution is 0.612. The van der Waals surface area contributed by atoms with Crippen molar-refractivity contribution in [2.24, 2.45) is 0 Å². The number of nitrogens with zero attached hydrogens (tertiary/aromatic N) is 3. The minimum absolute atomic E-state index is 0.0786. The van der Waals surface area contributed by atoms with Crippen molar-refractivity contribution in [3.63, 3.8) is 0 Å². The number of hydrogen-bond acceptors (Lipinski definition) is 4. The average molecular weight is 309 g/mol. The highest BCUT2D eigenvalue weighted by molar-refractivity contribution is 9.10. The minimum Gasteiger partial charge on any atom is -0.368 e. The lowest BCUT2D eigenvalue weighted by atomic mass is 10.2. The number of halogens is 2. The fourth-order valence-corrected chi connectivity index (χ4v) is 2.48. The van der Waals surface area contributed by atoms with Crippen LogP contribution in [0.4, 0.5) is 21.8 Å². The summed E-state index contributed by atoms with van der Waals surface area (Å²) in [5, 5.41) is 0. The summed E-state index contributed by atoms with van der Waals surface area (Å²) in [7, 11) is 0. The van der Waals surface area contributed by atoms with Gasteiger partial charge in [0.2, 0.25) is 5.95 Å². The van der Waals surface area contributed by atoms with E-state index in [2.05, 4.69) is 25.9 Å². The highest BCUT2D eigenvalue weighted by atomic mass is 79.9. The van der Waals surface area contributed by atoms with Crippen molar-refractivity contribution < 1.29 is 4.39 Å². The smallest absolute Gasteiger partial charge is 0.222 e. The molecule has 6 heteroatoms. The molecule has 1 aliphatic heterocycles. The first-order valence-electron chi connectivity index (χ1n) is 5.49. The Balaban J connectivity index is 2.11. The van der Waals surface area contributed by atoms with Gasteiger partial charge in [0.15, 0.2) is 11.6 Å². The second-order valence-corrected chi connectivity index (χ2v) is 4.99. The molecule has 0 unspecified atom stereocenters. The number of anilines is 3. The molecule has 0 atom stereocenters. The first-order chi connectivity index (χ1) is 8.65. The summed E-state index contributed by atoms with van der Waals surface area (Å²) < 4.78 is 14.7. The third kappa shape index (κ3) is 1.82. The molecular weight excluding hydrogens is 299 g/mol. The molecule has 2 aromatic rings. The molecule has 1 aromatic heterocycles. The topological polar surface area (TPSA) is 55.0 Å². The zero-order chi connectivity index (χ0) is 12.7. The number of nitrogens with two attached hydrogens (primary N) is 1. The number of rotatable bonds is 1. The second-order valence-electron chi connectivity index (χ2n) is 4.07. The van der Waals surface area contributed by atoms with Gasteiger partial charge in [-0.3, -0.25) is 0 Å². The van der Waals surface area contributed by atoms with Crippen LogP contribution in [0.3, 0.4) is 0 Å². The van der Waals surface area contributed by atoms with E-state index in [0.717, 1.165) is 22.8 Å². The summed E-state index contributed by atoms with van der Waals surface area (Å²) in [6.45, 7) is 0.694. The van der Waals surface area contributed by atoms with E-state index in [-0.39, 0.29) is 11.8 Å². The van der Waals surface area contributed by atoms with Gasteiger partial charge in [-0.1, -0.05) is 22.0 Å². The molecule has 0 aliphatic carbocycles. The van der Waals surface area contributed by atoms with Crippen LogP contribution in [0, 0.1) is 5.82 Å². The number of hydrogen-bond donors (Lipinski definition) is 1. The van der Waals surface area contributed by atoms with Gasteiger partial charge in [0, 0.05) is 16.7 Å². The molecule has 0 amide bonds. The molecule has 1 aromatic carbocycles. The van der Waals surface area contributed by atoms with Gasteiger partial charge < -0.3 is 10.6 Å². The molecule has 2 heterocycles. The molecule has 0 spiro atoms. The molecule has 92 valence electrons. The fourth-order valence-electron chi connectivity index (χ4n) is 2.13. The Labute approximate surface area is 112 Å². The summed E-state index contributed by atoms with van der Waals surface area (Å²) >= 11 is 3.42. The third-order valence-corrected chi connectivity index (χ3v) is 3.44. The third-order valence-electron chi connectivity index (χ3n) is 2.94. The van der Waals surface area contributed by atoms with Gasteiger partial charge in [-0.2, -0.15) is 4.98 Å². The van der Waals surface area contributed by atoms with Crippen molar-refractivity contribution in [1.82, 2.24) is 9.97 Å². The Bertz CT molecular complexity index is 617. The van der Waals surface area contributed by atoms with Crippen LogP contribution in [0.2, 0.25) is 0 Å². The molecule has 0 radical (unpaired) electrons. The molecular formula is C12H10BrFN4. The normalized spacial score (nSPS) is 13.8. The van der Waals surface area contributed by atoms with Gasteiger partial charge in [-0.25, -0.2) is 9.37 Å². The van der Waals surface area contributed by atoms with Crippen LogP contribution in [0.5, 0.6) is 0 Å². The van der Waals surface area contributed by atoms with Gasteiger partial charge in [-0.05, 0) is 24.1 Å². The molecule has 4 nitrogen and oxygen atoms in total. The number of nitrogen functional groups attached to an aromatic ring is 1. The van der Waals surface area contributed by atoms with Crippen molar-refractivity contribution in [2.45, 2.75) is 6.42 Å². The van der Waals surface area contributed by atoms with E-state index >= 15 is 0 Å². The Kier molecular flexibility index (Phi) is 2.66. The Morgan fingerprint density at radius 1 is 1.39 bits per heavy atom. The van der Waals surface area contributed by atoms with Crippen LogP contribution in [0.15, 0.2) is 28.9 Å². The highest BCUT2D eigenvalue weighted by Gasteiger charge is 2.24. The van der Waals surface area contributed by atoms with Gasteiger partial charge in [0.25, 0.3) is 0 Å². The van der Waals surface area contributed by atoms with Crippen molar-refractivity contribution in [3.8, 4) is 0 Å². The Morgan fingerprint density at radius 2 is 2.22 bits per heavy atom. The maximum Gasteiger partial charge on any atom is 0.222 e. The SMILES string of the molecule is Nc1ncc(F)c(N2CCc3ccc(Br)cc32)n1. The molecule has 3 rings (SSSR count). The van der Waals surface area contributed by atoms with Crippen LogP contribution in [-0.4, -0.2) is 16.5 Å². The maximum atomic E-state index is 13.8. The Morgan fingerprint density at radius 3 is 3.06 bits per heavy atom. The molecule has 2 N–H and O–H groups in total. The zero-order valence-electron chi connectivity index (χ0n) is 9.40. The van der Waals surface area contributed by atoms with E-state index in [4.69, 9.17) is 5.73 Å². The first-order valence-corrected chi connectivity index (χ1v) is 6.28. The monoisotopic (exact) mass is 308 g/mol. The number of aromatic nitrogens is 2. The quantitative estimate of drug-likeness (QED) is 0.880. The summed E-state index contributed by atoms with van der Waals surface area (Å²) in [5.74, 6) is -0.147. The summed E-state index contributed by atoms with van der Waals surface area (Å²) in [6, 6.07) is 5.97. The lowest BCUT2D eigenvalue weighted by Gasteiger charge is -2.19. The van der Waals surface area contributed by atoms with E-state index in [9.17, 15) is 4.39 Å². The molecule has 0 bridgehead atoms. The maximum absolute atomic E-state index is 13.8. The zero-order valence-corrected chi connectivity index (χ0v) is 11.0. The predicted molar refractivity (Wildman–Crippen MR) is 71.3 cm³/mol. The van der Waals surface area contributed by atoms with Crippen molar-refractivity contribution in [2.75, 3.05) is 17.2 Å². The van der Waals surface area contributed by atoms with Gasteiger partial charge in [0.1, 0.15) is 0 Å². The van der Waals surface area contributed by atoms with Crippen LogP contribution in [0.25, 0.3) is 0 Å². The molecule has 0 fully saturated rings. The average Bonchev–Trinajstić information content (AvgIpc) is 2.75. The van der Waals surface area contributed by atoms with Crippen LogP contribution in [0.1, 0.15) is 5.56 Å². The molecule has 0 saturated carbocycles. The van der Waals surface area contributed by atoms with Crippen LogP contribution >= 0.6 is 15.9 Å². The summed E-state index contributed by atoms with van der Waals surface area (Å²) in [4.78, 5) is 9.45. The predicted octanol–water partition coefficient (Wildman–Crippen LogP) is 2.65. The number of fused-ring (bicyclic) bond motifs is 1. The van der Waals surface area contributed by atoms with Crippen LogP contribution in [-0.2, 0) is 6.42 Å². The summed E-state index contributed by atoms with van der Waals surface area (Å²) in [5.41, 5.74) is 7.66. The fraction of sp³-hybridized carbons (Fsp3) is 0.167. The van der Waals surface area contributed by atoms with Crippen molar-refractivity contribution >= 4 is 33.4 Å². The van der Waals surface area contributed by atoms with Crippen molar-refractivity contribution in [3.05, 3.63) is 40.2 Å². The highest BCUT2D eigenvalue weighted by Crippen LogP contribution is 2.36. The van der Waals surface area contributed by atoms with Gasteiger partial charge in [-0.15, -0.1) is 0 Å².